The number of amides is 3. The molecular weight excluding hydrogens is 864 g/mol. The lowest BCUT2D eigenvalue weighted by atomic mass is 10.0. The molecule has 22 nitrogen and oxygen atoms in total. The summed E-state index contributed by atoms with van der Waals surface area (Å²) >= 11 is 5.07. The van der Waals surface area contributed by atoms with E-state index < -0.39 is 59.5 Å². The molecule has 328 valence electrons. The average molecular weight is 897 g/mol. The van der Waals surface area contributed by atoms with Crippen LogP contribution in [0.3, 0.4) is 0 Å². The van der Waals surface area contributed by atoms with Crippen LogP contribution >= 0.6 is 11.6 Å². The van der Waals surface area contributed by atoms with Crippen molar-refractivity contribution in [3.05, 3.63) is 171 Å². The van der Waals surface area contributed by atoms with Gasteiger partial charge in [0.25, 0.3) is 45.7 Å². The van der Waals surface area contributed by atoms with Crippen molar-refractivity contribution in [2.24, 2.45) is 5.10 Å². The summed E-state index contributed by atoms with van der Waals surface area (Å²) < 4.78 is 11.1. The number of ether oxygens (including phenoxy) is 2. The fraction of sp³-hybridized carbons (Fsp3) is 0.146. The molecular formula is C41H33ClN8O14. The van der Waals surface area contributed by atoms with Crippen molar-refractivity contribution in [2.45, 2.75) is 19.8 Å². The molecule has 0 saturated heterocycles. The maximum atomic E-state index is 13.4. The summed E-state index contributed by atoms with van der Waals surface area (Å²) in [5.74, 6) is -0.490. The van der Waals surface area contributed by atoms with Crippen molar-refractivity contribution in [1.29, 1.82) is 0 Å². The zero-order valence-corrected chi connectivity index (χ0v) is 34.2. The van der Waals surface area contributed by atoms with Gasteiger partial charge in [0.1, 0.15) is 11.1 Å². The molecule has 5 aromatic carbocycles. The van der Waals surface area contributed by atoms with Crippen molar-refractivity contribution in [3.8, 4) is 11.5 Å². The molecule has 5 aromatic rings. The number of nitrogens with one attached hydrogen (secondary N) is 2. The third-order valence-corrected chi connectivity index (χ3v) is 9.27. The molecule has 0 fully saturated rings. The monoisotopic (exact) mass is 896 g/mol. The number of nitrogens with zero attached hydrogens (tertiary/aromatic N) is 6. The Kier molecular flexibility index (Phi) is 15.0. The third kappa shape index (κ3) is 11.4. The number of carbonyl (C=O) groups excluding carboxylic acids is 4. The fourth-order valence-electron chi connectivity index (χ4n) is 6.03. The van der Waals surface area contributed by atoms with Crippen LogP contribution in [0, 0.1) is 40.5 Å². The van der Waals surface area contributed by atoms with Gasteiger partial charge in [0.15, 0.2) is 11.5 Å². The Bertz CT molecular complexity index is 2730. The SMILES string of the molecule is CCOc1cc(C2=NN(C(=O)c3cccc(NC(=O)c4ccc(NC(=O)c5ccc([N+](=O)[O-])cc5[N+](=O)[O-])cc4)c3)CCC2)ccc1OC.O=C(Cl)c1ccc([N+](=O)[O-])cc1[N+](=O)[O-]. The minimum Gasteiger partial charge on any atom is -0.493 e. The van der Waals surface area contributed by atoms with E-state index in [1.165, 1.54) is 29.3 Å². The Morgan fingerprint density at radius 2 is 1.30 bits per heavy atom. The number of rotatable bonds is 14. The normalized spacial score (nSPS) is 11.7. The van der Waals surface area contributed by atoms with Gasteiger partial charge in [-0.3, -0.25) is 59.6 Å². The number of benzene rings is 5. The van der Waals surface area contributed by atoms with Gasteiger partial charge in [0.05, 0.1) is 51.3 Å². The molecule has 0 aromatic heterocycles. The fourth-order valence-corrected chi connectivity index (χ4v) is 6.19. The van der Waals surface area contributed by atoms with Crippen molar-refractivity contribution in [1.82, 2.24) is 5.01 Å². The number of nitro benzene ring substituents is 4. The topological polar surface area (TPSA) is 299 Å². The highest BCUT2D eigenvalue weighted by Crippen LogP contribution is 2.31. The van der Waals surface area contributed by atoms with Crippen LogP contribution in [0.25, 0.3) is 0 Å². The summed E-state index contributed by atoms with van der Waals surface area (Å²) in [6.07, 6.45) is 1.38. The Morgan fingerprint density at radius 1 is 0.688 bits per heavy atom. The molecule has 0 unspecified atom stereocenters. The Hall–Kier alpha value is -8.66. The van der Waals surface area contributed by atoms with Crippen molar-refractivity contribution in [3.63, 3.8) is 0 Å². The van der Waals surface area contributed by atoms with E-state index in [9.17, 15) is 59.6 Å². The molecule has 0 atom stereocenters. The number of halogens is 1. The first-order chi connectivity index (χ1) is 30.5. The standard InChI is InChI=1S/C34H30N6O9.C7H3ClN2O5/c1-3-49-31-19-22(11-16-30(31)48-2)28-8-5-17-38(37-28)34(43)23-6-4-7-25(18-23)36-32(41)21-9-12-24(13-10-21)35-33(42)27-15-14-26(39(44)45)20-29(27)40(46)47;8-7(11)5-2-1-4(9(12)13)3-6(5)10(14)15/h4,6-7,9-16,18-20H,3,5,8,17H2,1-2H3,(H,35,42)(H,36,41);1-3H. The van der Waals surface area contributed by atoms with Gasteiger partial charge >= 0.3 is 0 Å². The first-order valence-corrected chi connectivity index (χ1v) is 19.0. The maximum Gasteiger partial charge on any atom is 0.289 e. The summed E-state index contributed by atoms with van der Waals surface area (Å²) in [7, 11) is 1.57. The minimum absolute atomic E-state index is 0.229. The van der Waals surface area contributed by atoms with E-state index in [1.54, 1.807) is 37.4 Å². The summed E-state index contributed by atoms with van der Waals surface area (Å²) in [5, 5.41) is 53.4. The third-order valence-electron chi connectivity index (χ3n) is 9.06. The first kappa shape index (κ1) is 46.4. The minimum atomic E-state index is -1.03. The second-order valence-corrected chi connectivity index (χ2v) is 13.5. The van der Waals surface area contributed by atoms with Crippen LogP contribution in [-0.2, 0) is 0 Å². The van der Waals surface area contributed by atoms with Crippen LogP contribution in [-0.4, -0.2) is 73.6 Å². The molecule has 0 bridgehead atoms. The molecule has 0 spiro atoms. The molecule has 1 heterocycles. The number of non-ortho nitro benzene ring substituents is 2. The average Bonchev–Trinajstić information content (AvgIpc) is 3.28. The van der Waals surface area contributed by atoms with Gasteiger partial charge in [0, 0.05) is 46.7 Å². The summed E-state index contributed by atoms with van der Waals surface area (Å²) in [5.41, 5.74) is -0.413. The Morgan fingerprint density at radius 3 is 1.88 bits per heavy atom. The second kappa shape index (κ2) is 20.7. The lowest BCUT2D eigenvalue weighted by molar-refractivity contribution is -0.394. The van der Waals surface area contributed by atoms with Gasteiger partial charge in [0.2, 0.25) is 0 Å². The summed E-state index contributed by atoms with van der Waals surface area (Å²) in [6.45, 7) is 2.77. The number of anilines is 2. The zero-order valence-electron chi connectivity index (χ0n) is 33.4. The Labute approximate surface area is 365 Å². The maximum absolute atomic E-state index is 13.4. The molecule has 23 heteroatoms. The van der Waals surface area contributed by atoms with Crippen molar-refractivity contribution in [2.75, 3.05) is 30.9 Å². The number of carbonyl (C=O) groups is 4. The predicted octanol–water partition coefficient (Wildman–Crippen LogP) is 7.94. The van der Waals surface area contributed by atoms with E-state index in [0.717, 1.165) is 35.5 Å². The lowest BCUT2D eigenvalue weighted by Gasteiger charge is -2.24. The number of methoxy groups -OCH3 is 1. The van der Waals surface area contributed by atoms with E-state index in [2.05, 4.69) is 15.7 Å². The number of hydrogen-bond acceptors (Lipinski definition) is 15. The van der Waals surface area contributed by atoms with Crippen LogP contribution in [0.4, 0.5) is 34.1 Å². The first-order valence-electron chi connectivity index (χ1n) is 18.6. The molecule has 64 heavy (non-hydrogen) atoms. The van der Waals surface area contributed by atoms with E-state index in [0.29, 0.717) is 60.9 Å². The molecule has 2 N–H and O–H groups in total. The van der Waals surface area contributed by atoms with E-state index in [-0.39, 0.29) is 28.3 Å². The van der Waals surface area contributed by atoms with Gasteiger partial charge in [-0.1, -0.05) is 6.07 Å². The lowest BCUT2D eigenvalue weighted by Crippen LogP contribution is -2.32. The molecule has 1 aliphatic rings. The molecule has 6 rings (SSSR count). The quantitative estimate of drug-likeness (QED) is 0.0607. The van der Waals surface area contributed by atoms with Crippen molar-refractivity contribution >= 4 is 74.4 Å². The Balaban J connectivity index is 0.000000435. The van der Waals surface area contributed by atoms with Crippen LogP contribution in [0.1, 0.15) is 66.8 Å². The zero-order chi connectivity index (χ0) is 46.7. The molecule has 1 aliphatic heterocycles. The van der Waals surface area contributed by atoms with E-state index in [1.807, 2.05) is 19.1 Å². The highest BCUT2D eigenvalue weighted by Gasteiger charge is 2.26. The highest BCUT2D eigenvalue weighted by atomic mass is 35.5. The smallest absolute Gasteiger partial charge is 0.289 e. The molecule has 0 aliphatic carbocycles. The van der Waals surface area contributed by atoms with Gasteiger partial charge in [-0.15, -0.1) is 0 Å². The predicted molar refractivity (Wildman–Crippen MR) is 229 cm³/mol. The van der Waals surface area contributed by atoms with Gasteiger partial charge in [-0.2, -0.15) is 5.10 Å². The highest BCUT2D eigenvalue weighted by molar-refractivity contribution is 6.68. The van der Waals surface area contributed by atoms with Crippen molar-refractivity contribution < 1.29 is 48.3 Å². The van der Waals surface area contributed by atoms with Crippen LogP contribution in [0.2, 0.25) is 0 Å². The van der Waals surface area contributed by atoms with Crippen LogP contribution in [0.5, 0.6) is 11.5 Å². The number of hydrogen-bond donors (Lipinski definition) is 2. The largest absolute Gasteiger partial charge is 0.493 e. The van der Waals surface area contributed by atoms with Gasteiger partial charge in [-0.25, -0.2) is 5.01 Å². The van der Waals surface area contributed by atoms with Crippen LogP contribution in [0.15, 0.2) is 108 Å². The number of nitro groups is 4. The van der Waals surface area contributed by atoms with E-state index in [4.69, 9.17) is 21.1 Å². The molecule has 0 radical (unpaired) electrons. The molecule has 3 amide bonds. The van der Waals surface area contributed by atoms with Crippen LogP contribution < -0.4 is 20.1 Å². The molecule has 0 saturated carbocycles. The summed E-state index contributed by atoms with van der Waals surface area (Å²) in [6, 6.07) is 23.0. The van der Waals surface area contributed by atoms with Gasteiger partial charge < -0.3 is 20.1 Å². The number of hydrazone groups is 1. The second-order valence-electron chi connectivity index (χ2n) is 13.1. The summed E-state index contributed by atoms with van der Waals surface area (Å²) in [4.78, 5) is 89.7. The van der Waals surface area contributed by atoms with E-state index >= 15 is 0 Å². The van der Waals surface area contributed by atoms with Gasteiger partial charge in [-0.05, 0) is 104 Å².